The molecule has 1 saturated heterocycles. The smallest absolute Gasteiger partial charge is 0.330 e. The maximum atomic E-state index is 12.2. The second-order valence-electron chi connectivity index (χ2n) is 6.12. The molecule has 0 amide bonds. The Kier molecular flexibility index (Phi) is 3.24. The Labute approximate surface area is 131 Å². The van der Waals surface area contributed by atoms with E-state index in [-0.39, 0.29) is 24.5 Å². The van der Waals surface area contributed by atoms with Crippen LogP contribution in [-0.4, -0.2) is 39.2 Å². The number of H-pyrrole nitrogens is 1. The van der Waals surface area contributed by atoms with Gasteiger partial charge in [0.25, 0.3) is 5.56 Å². The molecule has 8 nitrogen and oxygen atoms in total. The number of hydrogen-bond donors (Lipinski definition) is 2. The van der Waals surface area contributed by atoms with Gasteiger partial charge in [0, 0.05) is 17.7 Å². The van der Waals surface area contributed by atoms with Crippen LogP contribution in [0.3, 0.4) is 0 Å². The monoisotopic (exact) mass is 319 g/mol. The molecule has 8 heteroatoms. The van der Waals surface area contributed by atoms with Gasteiger partial charge in [-0.05, 0) is 19.4 Å². The molecule has 2 aliphatic heterocycles. The third kappa shape index (κ3) is 2.09. The van der Waals surface area contributed by atoms with E-state index in [1.54, 1.807) is 6.92 Å². The molecule has 3 heterocycles. The highest BCUT2D eigenvalue weighted by atomic mass is 16.6. The molecule has 1 aliphatic carbocycles. The first kappa shape index (κ1) is 14.4. The second-order valence-corrected chi connectivity index (χ2v) is 6.12. The van der Waals surface area contributed by atoms with Gasteiger partial charge >= 0.3 is 5.69 Å². The van der Waals surface area contributed by atoms with Crippen LogP contribution in [0.4, 0.5) is 0 Å². The lowest BCUT2D eigenvalue weighted by Crippen LogP contribution is -2.41. The fraction of sp³-hybridized carbons (Fsp3) is 0.533. The lowest BCUT2D eigenvalue weighted by molar-refractivity contribution is -0.0521. The van der Waals surface area contributed by atoms with E-state index in [2.05, 4.69) is 10.1 Å². The van der Waals surface area contributed by atoms with E-state index in [4.69, 9.17) is 9.57 Å². The van der Waals surface area contributed by atoms with E-state index in [1.165, 1.54) is 10.8 Å². The fourth-order valence-corrected chi connectivity index (χ4v) is 3.62. The summed E-state index contributed by atoms with van der Waals surface area (Å²) in [4.78, 5) is 31.6. The molecular formula is C15H17N3O5. The van der Waals surface area contributed by atoms with E-state index in [0.29, 0.717) is 11.3 Å². The molecule has 0 spiro atoms. The van der Waals surface area contributed by atoms with Crippen molar-refractivity contribution in [2.45, 2.75) is 31.8 Å². The highest BCUT2D eigenvalue weighted by Crippen LogP contribution is 2.45. The molecule has 1 aromatic heterocycles. The molecule has 1 fully saturated rings. The molecule has 3 aliphatic rings. The maximum absolute atomic E-state index is 12.2. The van der Waals surface area contributed by atoms with Crippen LogP contribution in [0, 0.1) is 18.8 Å². The van der Waals surface area contributed by atoms with E-state index in [9.17, 15) is 14.7 Å². The van der Waals surface area contributed by atoms with Gasteiger partial charge in [0.05, 0.1) is 18.2 Å². The lowest BCUT2D eigenvalue weighted by Gasteiger charge is -2.31. The molecule has 0 aromatic carbocycles. The number of aromatic amines is 1. The summed E-state index contributed by atoms with van der Waals surface area (Å²) in [5.41, 5.74) is 0.104. The molecule has 0 unspecified atom stereocenters. The fourth-order valence-electron chi connectivity index (χ4n) is 3.62. The minimum Gasteiger partial charge on any atom is -0.393 e. The molecule has 0 bridgehead atoms. The number of nitrogens with one attached hydrogen (secondary N) is 1. The SMILES string of the molecule is Cc1cn([C@@H]2O[C@H](CO)C3=NO[C@H]4C=CC[C@H]4[C@H]32)c(=O)[nH]c1=O. The summed E-state index contributed by atoms with van der Waals surface area (Å²) in [6.45, 7) is 1.39. The number of nitrogens with zero attached hydrogens (tertiary/aromatic N) is 2. The molecule has 5 atom stereocenters. The van der Waals surface area contributed by atoms with Crippen LogP contribution < -0.4 is 11.2 Å². The van der Waals surface area contributed by atoms with Gasteiger partial charge in [-0.25, -0.2) is 4.79 Å². The van der Waals surface area contributed by atoms with Crippen LogP contribution in [0.1, 0.15) is 18.2 Å². The van der Waals surface area contributed by atoms with Crippen molar-refractivity contribution >= 4 is 5.71 Å². The van der Waals surface area contributed by atoms with Crippen LogP contribution in [0.25, 0.3) is 0 Å². The number of aryl methyl sites for hydroxylation is 1. The number of rotatable bonds is 2. The van der Waals surface area contributed by atoms with Crippen molar-refractivity contribution in [3.8, 4) is 0 Å². The predicted octanol–water partition coefficient (Wildman–Crippen LogP) is -0.318. The van der Waals surface area contributed by atoms with Crippen molar-refractivity contribution in [2.24, 2.45) is 17.0 Å². The standard InChI is InChI=1S/C15H17N3O5/c1-7-5-18(15(21)16-13(7)20)14-11-8-3-2-4-9(8)23-17-12(11)10(6-19)22-14/h2,4-5,8-11,14,19H,3,6H2,1H3,(H,16,20,21)/t8-,9+,10-,11-,14-/m1/s1. The summed E-state index contributed by atoms with van der Waals surface area (Å²) in [7, 11) is 0. The Bertz CT molecular complexity index is 808. The largest absolute Gasteiger partial charge is 0.393 e. The van der Waals surface area contributed by atoms with Gasteiger partial charge in [0.2, 0.25) is 0 Å². The summed E-state index contributed by atoms with van der Waals surface area (Å²) in [5.74, 6) is -0.0768. The van der Waals surface area contributed by atoms with Gasteiger partial charge in [-0.3, -0.25) is 14.3 Å². The summed E-state index contributed by atoms with van der Waals surface area (Å²) < 4.78 is 7.26. The molecular weight excluding hydrogens is 302 g/mol. The summed E-state index contributed by atoms with van der Waals surface area (Å²) in [6, 6.07) is 0. The van der Waals surface area contributed by atoms with E-state index >= 15 is 0 Å². The van der Waals surface area contributed by atoms with Crippen LogP contribution in [0.2, 0.25) is 0 Å². The third-order valence-electron chi connectivity index (χ3n) is 4.77. The number of aliphatic hydroxyl groups is 1. The number of fused-ring (bicyclic) bond motifs is 3. The minimum absolute atomic E-state index is 0.100. The third-order valence-corrected chi connectivity index (χ3v) is 4.77. The number of aliphatic hydroxyl groups excluding tert-OH is 1. The average molecular weight is 319 g/mol. The highest BCUT2D eigenvalue weighted by Gasteiger charge is 2.52. The Morgan fingerprint density at radius 1 is 1.48 bits per heavy atom. The van der Waals surface area contributed by atoms with Crippen molar-refractivity contribution in [3.63, 3.8) is 0 Å². The second kappa shape index (κ2) is 5.17. The quantitative estimate of drug-likeness (QED) is 0.727. The van der Waals surface area contributed by atoms with E-state index in [1.807, 2.05) is 12.2 Å². The van der Waals surface area contributed by atoms with Crippen LogP contribution in [0.15, 0.2) is 33.1 Å². The minimum atomic E-state index is -0.620. The van der Waals surface area contributed by atoms with Crippen LogP contribution in [0.5, 0.6) is 0 Å². The molecule has 1 aromatic rings. The van der Waals surface area contributed by atoms with Crippen molar-refractivity contribution in [1.82, 2.24) is 9.55 Å². The van der Waals surface area contributed by atoms with Crippen molar-refractivity contribution in [3.05, 3.63) is 44.8 Å². The lowest BCUT2D eigenvalue weighted by atomic mass is 9.82. The Balaban J connectivity index is 1.81. The van der Waals surface area contributed by atoms with Gasteiger partial charge in [0.1, 0.15) is 18.4 Å². The number of allylic oxidation sites excluding steroid dienone is 1. The number of hydrogen-bond acceptors (Lipinski definition) is 6. The van der Waals surface area contributed by atoms with Crippen LogP contribution >= 0.6 is 0 Å². The number of ether oxygens (including phenoxy) is 1. The Hall–Kier alpha value is -2.19. The number of aromatic nitrogens is 2. The first-order chi connectivity index (χ1) is 11.1. The highest BCUT2D eigenvalue weighted by molar-refractivity contribution is 5.93. The van der Waals surface area contributed by atoms with Crippen molar-refractivity contribution < 1.29 is 14.7 Å². The Morgan fingerprint density at radius 2 is 2.30 bits per heavy atom. The molecule has 0 radical (unpaired) electrons. The van der Waals surface area contributed by atoms with Gasteiger partial charge in [-0.2, -0.15) is 0 Å². The molecule has 0 saturated carbocycles. The number of oxime groups is 1. The Morgan fingerprint density at radius 3 is 3.09 bits per heavy atom. The summed E-state index contributed by atoms with van der Waals surface area (Å²) >= 11 is 0. The molecule has 4 rings (SSSR count). The van der Waals surface area contributed by atoms with Crippen LogP contribution in [-0.2, 0) is 9.57 Å². The summed E-state index contributed by atoms with van der Waals surface area (Å²) in [6.07, 6.45) is 4.90. The maximum Gasteiger partial charge on any atom is 0.330 e. The topological polar surface area (TPSA) is 106 Å². The normalized spacial score (nSPS) is 34.7. The van der Waals surface area contributed by atoms with Gasteiger partial charge in [-0.1, -0.05) is 11.2 Å². The molecule has 122 valence electrons. The average Bonchev–Trinajstić information content (AvgIpc) is 3.14. The van der Waals surface area contributed by atoms with E-state index < -0.39 is 23.6 Å². The molecule has 23 heavy (non-hydrogen) atoms. The van der Waals surface area contributed by atoms with Crippen molar-refractivity contribution in [2.75, 3.05) is 6.61 Å². The van der Waals surface area contributed by atoms with Gasteiger partial charge < -0.3 is 14.7 Å². The molecule has 2 N–H and O–H groups in total. The van der Waals surface area contributed by atoms with Crippen molar-refractivity contribution in [1.29, 1.82) is 0 Å². The van der Waals surface area contributed by atoms with E-state index in [0.717, 1.165) is 6.42 Å². The zero-order valence-electron chi connectivity index (χ0n) is 12.5. The zero-order valence-corrected chi connectivity index (χ0v) is 12.5. The first-order valence-electron chi connectivity index (χ1n) is 7.59. The summed E-state index contributed by atoms with van der Waals surface area (Å²) in [5, 5.41) is 13.7. The zero-order chi connectivity index (χ0) is 16.1. The predicted molar refractivity (Wildman–Crippen MR) is 80.1 cm³/mol. The van der Waals surface area contributed by atoms with Gasteiger partial charge in [-0.15, -0.1) is 0 Å². The first-order valence-corrected chi connectivity index (χ1v) is 7.59. The van der Waals surface area contributed by atoms with Gasteiger partial charge in [0.15, 0.2) is 0 Å².